The van der Waals surface area contributed by atoms with Gasteiger partial charge in [0.25, 0.3) is 0 Å². The van der Waals surface area contributed by atoms with Gasteiger partial charge in [-0.25, -0.2) is 4.98 Å². The number of ketones is 1. The van der Waals surface area contributed by atoms with E-state index in [0.29, 0.717) is 33.8 Å². The fourth-order valence-electron chi connectivity index (χ4n) is 4.56. The molecule has 35 heavy (non-hydrogen) atoms. The topological polar surface area (TPSA) is 78.3 Å². The minimum atomic E-state index is -0.157. The zero-order chi connectivity index (χ0) is 23.7. The molecule has 1 fully saturated rings. The van der Waals surface area contributed by atoms with Crippen molar-refractivity contribution in [2.24, 2.45) is 5.92 Å². The molecular weight excluding hydrogens is 530 g/mol. The summed E-state index contributed by atoms with van der Waals surface area (Å²) < 4.78 is 0. The summed E-state index contributed by atoms with van der Waals surface area (Å²) in [6.45, 7) is 2.65. The average Bonchev–Trinajstić information content (AvgIpc) is 2.77. The molecule has 0 radical (unpaired) electrons. The highest BCUT2D eigenvalue weighted by molar-refractivity contribution is 6.37. The zero-order valence-corrected chi connectivity index (χ0v) is 23.0. The minimum absolute atomic E-state index is 0. The number of rotatable bonds is 6. The van der Waals surface area contributed by atoms with E-state index in [4.69, 9.17) is 28.2 Å². The van der Waals surface area contributed by atoms with E-state index in [2.05, 4.69) is 29.3 Å². The molecule has 0 unspecified atom stereocenters. The quantitative estimate of drug-likeness (QED) is 0.320. The molecule has 4 rings (SSSR count). The molecule has 1 aliphatic rings. The number of fused-ring (bicyclic) bond motifs is 1. The monoisotopic (exact) mass is 558 g/mol. The molecule has 190 valence electrons. The van der Waals surface area contributed by atoms with Crippen LogP contribution in [0.3, 0.4) is 0 Å². The number of phenolic OH excluding ortho intramolecular Hbond substituents is 1. The molecule has 2 N–H and O–H groups in total. The van der Waals surface area contributed by atoms with Crippen LogP contribution >= 0.6 is 48.0 Å². The third-order valence-corrected chi connectivity index (χ3v) is 6.80. The Hall–Kier alpha value is -1.83. The molecule has 0 amide bonds. The number of aromatic hydroxyl groups is 1. The number of benzene rings is 1. The normalized spacial score (nSPS) is 17.5. The Morgan fingerprint density at radius 3 is 2.31 bits per heavy atom. The maximum atomic E-state index is 12.4. The third-order valence-electron chi connectivity index (χ3n) is 6.22. The molecule has 2 aromatic heterocycles. The van der Waals surface area contributed by atoms with E-state index in [1.54, 1.807) is 25.3 Å². The van der Waals surface area contributed by atoms with Crippen LogP contribution in [0.1, 0.15) is 43.0 Å². The molecule has 1 aromatic carbocycles. The lowest BCUT2D eigenvalue weighted by atomic mass is 9.85. The predicted molar refractivity (Wildman–Crippen MR) is 149 cm³/mol. The number of phenols is 1. The van der Waals surface area contributed by atoms with Gasteiger partial charge >= 0.3 is 0 Å². The summed E-state index contributed by atoms with van der Waals surface area (Å²) in [7, 11) is 4.23. The van der Waals surface area contributed by atoms with Gasteiger partial charge in [-0.3, -0.25) is 9.78 Å². The number of carbonyl (C=O) groups excluding carboxylic acids is 1. The molecule has 2 heterocycles. The van der Waals surface area contributed by atoms with Crippen LogP contribution in [0.5, 0.6) is 5.75 Å². The second kappa shape index (κ2) is 12.4. The van der Waals surface area contributed by atoms with E-state index in [9.17, 15) is 9.90 Å². The number of nitrogens with zero attached hydrogens (tertiary/aromatic N) is 3. The van der Waals surface area contributed by atoms with Gasteiger partial charge in [-0.15, -0.1) is 24.8 Å². The van der Waals surface area contributed by atoms with Gasteiger partial charge in [0.15, 0.2) is 11.5 Å². The SMILES string of the molecule is CC(=O)c1cnc2ccc(-c3cc(Cl)c(O)c(Cl)c3)nc2c1N[C@H]1CC[C@@H](CN(C)C)CC1.Cl.Cl. The number of halogens is 4. The number of aromatic nitrogens is 2. The lowest BCUT2D eigenvalue weighted by Crippen LogP contribution is -2.31. The van der Waals surface area contributed by atoms with E-state index >= 15 is 0 Å². The van der Waals surface area contributed by atoms with E-state index in [0.717, 1.165) is 37.9 Å². The molecule has 0 spiro atoms. The van der Waals surface area contributed by atoms with Crippen LogP contribution in [0.25, 0.3) is 22.3 Å². The number of Topliss-reactive ketones (excluding diaryl/α,β-unsaturated/α-hetero) is 1. The van der Waals surface area contributed by atoms with Gasteiger partial charge < -0.3 is 15.3 Å². The first-order chi connectivity index (χ1) is 15.7. The highest BCUT2D eigenvalue weighted by Gasteiger charge is 2.24. The Morgan fingerprint density at radius 1 is 1.11 bits per heavy atom. The van der Waals surface area contributed by atoms with Gasteiger partial charge in [0.1, 0.15) is 5.52 Å². The molecule has 0 saturated heterocycles. The smallest absolute Gasteiger partial charge is 0.163 e. The number of hydrogen-bond acceptors (Lipinski definition) is 6. The van der Waals surface area contributed by atoms with E-state index in [-0.39, 0.29) is 52.4 Å². The number of anilines is 1. The number of pyridine rings is 2. The van der Waals surface area contributed by atoms with Gasteiger partial charge in [-0.2, -0.15) is 0 Å². The number of carbonyl (C=O) groups is 1. The third kappa shape index (κ3) is 6.69. The number of hydrogen-bond donors (Lipinski definition) is 2. The largest absolute Gasteiger partial charge is 0.505 e. The van der Waals surface area contributed by atoms with Crippen LogP contribution in [0.4, 0.5) is 5.69 Å². The summed E-state index contributed by atoms with van der Waals surface area (Å²) in [5, 5.41) is 13.8. The fourth-order valence-corrected chi connectivity index (χ4v) is 5.05. The highest BCUT2D eigenvalue weighted by atomic mass is 35.5. The van der Waals surface area contributed by atoms with Gasteiger partial charge in [-0.1, -0.05) is 23.2 Å². The van der Waals surface area contributed by atoms with Gasteiger partial charge in [0, 0.05) is 24.3 Å². The van der Waals surface area contributed by atoms with E-state index in [1.165, 1.54) is 0 Å². The van der Waals surface area contributed by atoms with Gasteiger partial charge in [0.2, 0.25) is 0 Å². The Balaban J connectivity index is 0.00000216. The molecule has 1 saturated carbocycles. The lowest BCUT2D eigenvalue weighted by molar-refractivity contribution is 0.101. The zero-order valence-electron chi connectivity index (χ0n) is 19.8. The summed E-state index contributed by atoms with van der Waals surface area (Å²) in [4.78, 5) is 24.0. The summed E-state index contributed by atoms with van der Waals surface area (Å²) in [6.07, 6.45) is 6.01. The van der Waals surface area contributed by atoms with Crippen molar-refractivity contribution < 1.29 is 9.90 Å². The van der Waals surface area contributed by atoms with Crippen molar-refractivity contribution in [2.75, 3.05) is 26.0 Å². The molecular formula is C25H30Cl4N4O2. The van der Waals surface area contributed by atoms with Crippen molar-refractivity contribution in [1.29, 1.82) is 0 Å². The first kappa shape index (κ1) is 29.4. The van der Waals surface area contributed by atoms with Crippen LogP contribution in [0, 0.1) is 5.92 Å². The maximum absolute atomic E-state index is 12.4. The van der Waals surface area contributed by atoms with Crippen molar-refractivity contribution in [2.45, 2.75) is 38.6 Å². The summed E-state index contributed by atoms with van der Waals surface area (Å²) in [5.74, 6) is 0.486. The number of nitrogens with one attached hydrogen (secondary N) is 1. The van der Waals surface area contributed by atoms with Crippen molar-refractivity contribution in [3.63, 3.8) is 0 Å². The molecule has 1 aliphatic carbocycles. The lowest BCUT2D eigenvalue weighted by Gasteiger charge is -2.31. The Labute approximate surface area is 228 Å². The van der Waals surface area contributed by atoms with Crippen molar-refractivity contribution in [1.82, 2.24) is 14.9 Å². The minimum Gasteiger partial charge on any atom is -0.505 e. The summed E-state index contributed by atoms with van der Waals surface area (Å²) in [5.41, 5.74) is 3.89. The van der Waals surface area contributed by atoms with E-state index in [1.807, 2.05) is 12.1 Å². The molecule has 0 bridgehead atoms. The first-order valence-corrected chi connectivity index (χ1v) is 11.9. The van der Waals surface area contributed by atoms with Crippen LogP contribution in [-0.2, 0) is 0 Å². The van der Waals surface area contributed by atoms with Crippen LogP contribution < -0.4 is 5.32 Å². The summed E-state index contributed by atoms with van der Waals surface area (Å²) >= 11 is 12.2. The highest BCUT2D eigenvalue weighted by Crippen LogP contribution is 2.37. The van der Waals surface area contributed by atoms with Crippen LogP contribution in [0.2, 0.25) is 10.0 Å². The van der Waals surface area contributed by atoms with Crippen LogP contribution in [-0.4, -0.2) is 52.4 Å². The predicted octanol–water partition coefficient (Wildman–Crippen LogP) is 6.89. The Bertz CT molecular complexity index is 1170. The van der Waals surface area contributed by atoms with Crippen LogP contribution in [0.15, 0.2) is 30.5 Å². The summed E-state index contributed by atoms with van der Waals surface area (Å²) in [6, 6.07) is 7.22. The average molecular weight is 560 g/mol. The molecule has 10 heteroatoms. The fraction of sp³-hybridized carbons (Fsp3) is 0.400. The Morgan fingerprint density at radius 2 is 1.74 bits per heavy atom. The Kier molecular flexibility index (Phi) is 10.4. The molecule has 0 aliphatic heterocycles. The molecule has 0 atom stereocenters. The molecule has 6 nitrogen and oxygen atoms in total. The second-order valence-electron chi connectivity index (χ2n) is 9.08. The van der Waals surface area contributed by atoms with Gasteiger partial charge in [-0.05, 0) is 76.9 Å². The second-order valence-corrected chi connectivity index (χ2v) is 9.89. The van der Waals surface area contributed by atoms with Crippen molar-refractivity contribution in [3.8, 4) is 17.0 Å². The van der Waals surface area contributed by atoms with Crippen molar-refractivity contribution >= 4 is 70.5 Å². The maximum Gasteiger partial charge on any atom is 0.163 e. The van der Waals surface area contributed by atoms with Crippen molar-refractivity contribution in [3.05, 3.63) is 46.1 Å². The first-order valence-electron chi connectivity index (χ1n) is 11.1. The van der Waals surface area contributed by atoms with E-state index < -0.39 is 0 Å². The van der Waals surface area contributed by atoms with Gasteiger partial charge in [0.05, 0.1) is 32.5 Å². The standard InChI is InChI=1S/C25H28Cl2N4O2.2ClH/c1-14(32)18-12-28-22-9-8-21(16-10-19(26)25(33)20(27)11-16)30-24(22)23(18)29-17-6-4-15(5-7-17)13-31(2)3;;/h8-12,15,17,33H,4-7,13H2,1-3H3,(H,28,29);2*1H/t15-,17+;;. The molecule has 3 aromatic rings.